The monoisotopic (exact) mass is 405 g/mol. The summed E-state index contributed by atoms with van der Waals surface area (Å²) in [5, 5.41) is 18.3. The molecule has 0 radical (unpaired) electrons. The molecule has 1 heterocycles. The normalized spacial score (nSPS) is 10.5. The number of hydrogen-bond donors (Lipinski definition) is 0. The third kappa shape index (κ3) is 5.04. The highest BCUT2D eigenvalue weighted by Crippen LogP contribution is 2.25. The first kappa shape index (κ1) is 20.6. The van der Waals surface area contributed by atoms with Crippen molar-refractivity contribution in [3.63, 3.8) is 0 Å². The van der Waals surface area contributed by atoms with E-state index in [0.29, 0.717) is 18.2 Å². The fourth-order valence-corrected chi connectivity index (χ4v) is 3.93. The van der Waals surface area contributed by atoms with Crippen LogP contribution in [0.3, 0.4) is 0 Å². The molecular formula is C22H23N5OS. The number of rotatable bonds is 8. The zero-order chi connectivity index (χ0) is 20.6. The summed E-state index contributed by atoms with van der Waals surface area (Å²) in [7, 11) is 0. The van der Waals surface area contributed by atoms with Gasteiger partial charge in [0.15, 0.2) is 11.0 Å². The second-order valence-corrected chi connectivity index (χ2v) is 7.44. The maximum atomic E-state index is 12.9. The maximum Gasteiger partial charge on any atom is 0.237 e. The van der Waals surface area contributed by atoms with Crippen LogP contribution in [0.15, 0.2) is 59.8 Å². The lowest BCUT2D eigenvalue weighted by Crippen LogP contribution is -2.33. The second kappa shape index (κ2) is 9.89. The van der Waals surface area contributed by atoms with Crippen LogP contribution in [-0.4, -0.2) is 33.0 Å². The fraction of sp³-hybridized carbons (Fsp3) is 0.273. The van der Waals surface area contributed by atoms with Gasteiger partial charge in [0, 0.05) is 24.3 Å². The summed E-state index contributed by atoms with van der Waals surface area (Å²) < 4.78 is 2.02. The molecule has 0 N–H and O–H groups in total. The van der Waals surface area contributed by atoms with E-state index in [9.17, 15) is 4.79 Å². The topological polar surface area (TPSA) is 74.8 Å². The van der Waals surface area contributed by atoms with Gasteiger partial charge >= 0.3 is 0 Å². The van der Waals surface area contributed by atoms with Crippen molar-refractivity contribution < 1.29 is 4.79 Å². The molecule has 1 amide bonds. The number of thioether (sulfide) groups is 1. The summed E-state index contributed by atoms with van der Waals surface area (Å²) in [6.07, 6.45) is 0.286. The molecule has 0 aliphatic carbocycles. The maximum absolute atomic E-state index is 12.9. The van der Waals surface area contributed by atoms with E-state index >= 15 is 0 Å². The smallest absolute Gasteiger partial charge is 0.237 e. The molecule has 2 aromatic carbocycles. The Morgan fingerprint density at radius 1 is 1.17 bits per heavy atom. The van der Waals surface area contributed by atoms with Gasteiger partial charge in [0.2, 0.25) is 5.91 Å². The van der Waals surface area contributed by atoms with Gasteiger partial charge in [-0.3, -0.25) is 4.79 Å². The molecule has 0 fully saturated rings. The van der Waals surface area contributed by atoms with Gasteiger partial charge in [-0.05, 0) is 32.0 Å². The van der Waals surface area contributed by atoms with Crippen LogP contribution in [0.2, 0.25) is 0 Å². The first-order valence-electron chi connectivity index (χ1n) is 9.49. The van der Waals surface area contributed by atoms with Crippen LogP contribution in [0.1, 0.15) is 18.9 Å². The van der Waals surface area contributed by atoms with Gasteiger partial charge in [-0.1, -0.05) is 53.7 Å². The lowest BCUT2D eigenvalue weighted by molar-refractivity contribution is -0.116. The van der Waals surface area contributed by atoms with Crippen molar-refractivity contribution in [2.24, 2.45) is 0 Å². The molecule has 7 heteroatoms. The molecule has 148 valence electrons. The van der Waals surface area contributed by atoms with Gasteiger partial charge in [-0.25, -0.2) is 0 Å². The minimum Gasteiger partial charge on any atom is -0.311 e. The molecule has 6 nitrogen and oxygen atoms in total. The van der Waals surface area contributed by atoms with E-state index in [0.717, 1.165) is 22.6 Å². The minimum atomic E-state index is -0.0563. The van der Waals surface area contributed by atoms with Gasteiger partial charge in [-0.2, -0.15) is 5.26 Å². The first-order valence-corrected chi connectivity index (χ1v) is 10.5. The van der Waals surface area contributed by atoms with Crippen LogP contribution in [0.25, 0.3) is 11.4 Å². The summed E-state index contributed by atoms with van der Waals surface area (Å²) >= 11 is 1.37. The first-order chi connectivity index (χ1) is 14.1. The predicted octanol–water partition coefficient (Wildman–Crippen LogP) is 4.31. The van der Waals surface area contributed by atoms with Gasteiger partial charge in [0.05, 0.1) is 18.2 Å². The molecule has 0 bridgehead atoms. The van der Waals surface area contributed by atoms with Crippen molar-refractivity contribution in [1.82, 2.24) is 14.8 Å². The SMILES string of the molecule is CCn1c(SCC(=O)N(CCC#N)c2ccccc2)nnc1-c1cccc(C)c1. The van der Waals surface area contributed by atoms with Crippen molar-refractivity contribution in [2.45, 2.75) is 32.0 Å². The van der Waals surface area contributed by atoms with E-state index in [1.807, 2.05) is 66.9 Å². The highest BCUT2D eigenvalue weighted by Gasteiger charge is 2.19. The van der Waals surface area contributed by atoms with Gasteiger partial charge in [0.25, 0.3) is 0 Å². The van der Waals surface area contributed by atoms with E-state index in [2.05, 4.69) is 22.3 Å². The standard InChI is InChI=1S/C22H23N5OS/c1-3-26-21(18-10-7-9-17(2)15-18)24-25-22(26)29-16-20(28)27(14-8-13-23)19-11-5-4-6-12-19/h4-7,9-12,15H,3,8,14,16H2,1-2H3. The van der Waals surface area contributed by atoms with Crippen LogP contribution < -0.4 is 4.90 Å². The molecule has 3 aromatic rings. The summed E-state index contributed by atoms with van der Waals surface area (Å²) in [5.74, 6) is 0.974. The van der Waals surface area contributed by atoms with Crippen molar-refractivity contribution in [2.75, 3.05) is 17.2 Å². The number of carbonyl (C=O) groups is 1. The average molecular weight is 406 g/mol. The van der Waals surface area contributed by atoms with Gasteiger partial charge in [0.1, 0.15) is 0 Å². The van der Waals surface area contributed by atoms with Crippen LogP contribution in [0, 0.1) is 18.3 Å². The summed E-state index contributed by atoms with van der Waals surface area (Å²) in [5.41, 5.74) is 2.97. The molecular weight excluding hydrogens is 382 g/mol. The molecule has 0 atom stereocenters. The van der Waals surface area contributed by atoms with E-state index in [1.165, 1.54) is 11.8 Å². The van der Waals surface area contributed by atoms with Crippen LogP contribution >= 0.6 is 11.8 Å². The molecule has 1 aromatic heterocycles. The highest BCUT2D eigenvalue weighted by molar-refractivity contribution is 7.99. The Labute approximate surface area is 175 Å². The van der Waals surface area contributed by atoms with Gasteiger partial charge in [-0.15, -0.1) is 10.2 Å². The second-order valence-electron chi connectivity index (χ2n) is 6.50. The fourth-order valence-electron chi connectivity index (χ4n) is 3.05. The number of para-hydroxylation sites is 1. The van der Waals surface area contributed by atoms with Crippen molar-refractivity contribution in [1.29, 1.82) is 5.26 Å². The van der Waals surface area contributed by atoms with Crippen LogP contribution in [-0.2, 0) is 11.3 Å². The number of hydrogen-bond acceptors (Lipinski definition) is 5. The lowest BCUT2D eigenvalue weighted by Gasteiger charge is -2.21. The zero-order valence-corrected chi connectivity index (χ0v) is 17.4. The average Bonchev–Trinajstić information content (AvgIpc) is 3.16. The van der Waals surface area contributed by atoms with Crippen molar-refractivity contribution >= 4 is 23.4 Å². The number of benzene rings is 2. The summed E-state index contributed by atoms with van der Waals surface area (Å²) in [6.45, 7) is 5.17. The van der Waals surface area contributed by atoms with Crippen molar-refractivity contribution in [3.8, 4) is 17.5 Å². The Morgan fingerprint density at radius 3 is 2.66 bits per heavy atom. The third-order valence-electron chi connectivity index (χ3n) is 4.45. The Kier molecular flexibility index (Phi) is 7.04. The number of nitriles is 1. The third-order valence-corrected chi connectivity index (χ3v) is 5.40. The molecule has 0 aliphatic heterocycles. The molecule has 0 saturated carbocycles. The lowest BCUT2D eigenvalue weighted by atomic mass is 10.1. The highest BCUT2D eigenvalue weighted by atomic mass is 32.2. The molecule has 0 aliphatic rings. The van der Waals surface area contributed by atoms with Crippen LogP contribution in [0.4, 0.5) is 5.69 Å². The molecule has 29 heavy (non-hydrogen) atoms. The van der Waals surface area contributed by atoms with Crippen molar-refractivity contribution in [3.05, 3.63) is 60.2 Å². The molecule has 3 rings (SSSR count). The summed E-state index contributed by atoms with van der Waals surface area (Å²) in [6, 6.07) is 19.7. The largest absolute Gasteiger partial charge is 0.311 e. The molecule has 0 saturated heterocycles. The van der Waals surface area contributed by atoms with E-state index < -0.39 is 0 Å². The number of carbonyl (C=O) groups excluding carboxylic acids is 1. The van der Waals surface area contributed by atoms with Crippen LogP contribution in [0.5, 0.6) is 0 Å². The number of aryl methyl sites for hydroxylation is 1. The number of nitrogens with zero attached hydrogens (tertiary/aromatic N) is 5. The molecule has 0 spiro atoms. The zero-order valence-electron chi connectivity index (χ0n) is 16.6. The number of anilines is 1. The minimum absolute atomic E-state index is 0.0563. The molecule has 0 unspecified atom stereocenters. The Hall–Kier alpha value is -3.11. The number of amides is 1. The quantitative estimate of drug-likeness (QED) is 0.522. The van der Waals surface area contributed by atoms with E-state index in [1.54, 1.807) is 4.90 Å². The van der Waals surface area contributed by atoms with E-state index in [4.69, 9.17) is 5.26 Å². The Morgan fingerprint density at radius 2 is 1.97 bits per heavy atom. The number of aromatic nitrogens is 3. The summed E-state index contributed by atoms with van der Waals surface area (Å²) in [4.78, 5) is 14.5. The van der Waals surface area contributed by atoms with Gasteiger partial charge < -0.3 is 9.47 Å². The Bertz CT molecular complexity index is 1010. The van der Waals surface area contributed by atoms with E-state index in [-0.39, 0.29) is 18.1 Å². The Balaban J connectivity index is 1.76. The predicted molar refractivity (Wildman–Crippen MR) is 116 cm³/mol.